The molecule has 1 heterocycles. The zero-order valence-corrected chi connectivity index (χ0v) is 12.3. The van der Waals surface area contributed by atoms with Crippen LogP contribution in [0.25, 0.3) is 0 Å². The van der Waals surface area contributed by atoms with Gasteiger partial charge in [-0.2, -0.15) is 0 Å². The summed E-state index contributed by atoms with van der Waals surface area (Å²) in [6, 6.07) is 4.43. The standard InChI is InChI=1S/C15H19FN2O3/c1-9-7-18(8-12(9)15(20)21)14(19)11-5-4-10(17(2)3)6-13(11)16/h4-6,9,12H,7-8H2,1-3H3,(H,20,21)/t9-,12-/m1/s1. The van der Waals surface area contributed by atoms with Gasteiger partial charge in [0.1, 0.15) is 5.82 Å². The van der Waals surface area contributed by atoms with Crippen molar-refractivity contribution >= 4 is 17.6 Å². The Labute approximate surface area is 123 Å². The zero-order valence-electron chi connectivity index (χ0n) is 12.3. The molecule has 0 aromatic heterocycles. The summed E-state index contributed by atoms with van der Waals surface area (Å²) in [7, 11) is 3.58. The summed E-state index contributed by atoms with van der Waals surface area (Å²) in [4.78, 5) is 26.6. The number of carboxylic acid groups (broad SMARTS) is 1. The maximum absolute atomic E-state index is 14.1. The van der Waals surface area contributed by atoms with E-state index >= 15 is 0 Å². The number of carbonyl (C=O) groups excluding carboxylic acids is 1. The van der Waals surface area contributed by atoms with Gasteiger partial charge >= 0.3 is 5.97 Å². The minimum absolute atomic E-state index is 0.0150. The lowest BCUT2D eigenvalue weighted by Crippen LogP contribution is -2.30. The molecule has 0 unspecified atom stereocenters. The van der Waals surface area contributed by atoms with Crippen LogP contribution in [0, 0.1) is 17.7 Å². The second-order valence-electron chi connectivity index (χ2n) is 5.69. The molecular formula is C15H19FN2O3. The Morgan fingerprint density at radius 2 is 2.00 bits per heavy atom. The van der Waals surface area contributed by atoms with Crippen LogP contribution in [-0.2, 0) is 4.79 Å². The molecule has 21 heavy (non-hydrogen) atoms. The molecule has 0 bridgehead atoms. The number of carboxylic acids is 1. The van der Waals surface area contributed by atoms with E-state index in [0.717, 1.165) is 0 Å². The number of likely N-dealkylation sites (tertiary alicyclic amines) is 1. The molecule has 2 rings (SSSR count). The molecule has 114 valence electrons. The van der Waals surface area contributed by atoms with Gasteiger partial charge in [-0.25, -0.2) is 4.39 Å². The first-order valence-electron chi connectivity index (χ1n) is 6.80. The number of hydrogen-bond acceptors (Lipinski definition) is 3. The van der Waals surface area contributed by atoms with E-state index in [1.54, 1.807) is 32.0 Å². The molecule has 1 aromatic carbocycles. The summed E-state index contributed by atoms with van der Waals surface area (Å²) >= 11 is 0. The fourth-order valence-corrected chi connectivity index (χ4v) is 2.58. The smallest absolute Gasteiger partial charge is 0.308 e. The van der Waals surface area contributed by atoms with E-state index in [0.29, 0.717) is 12.2 Å². The van der Waals surface area contributed by atoms with Gasteiger partial charge in [-0.1, -0.05) is 6.92 Å². The Kier molecular flexibility index (Phi) is 4.16. The average molecular weight is 294 g/mol. The fraction of sp³-hybridized carbons (Fsp3) is 0.467. The molecule has 5 nitrogen and oxygen atoms in total. The number of rotatable bonds is 3. The molecule has 0 spiro atoms. The van der Waals surface area contributed by atoms with Crippen LogP contribution in [-0.4, -0.2) is 49.1 Å². The number of carbonyl (C=O) groups is 2. The molecule has 1 fully saturated rings. The predicted molar refractivity (Wildman–Crippen MR) is 76.9 cm³/mol. The maximum atomic E-state index is 14.1. The van der Waals surface area contributed by atoms with Crippen LogP contribution in [0.5, 0.6) is 0 Å². The van der Waals surface area contributed by atoms with Gasteiger partial charge in [-0.15, -0.1) is 0 Å². The van der Waals surface area contributed by atoms with Gasteiger partial charge in [-0.3, -0.25) is 9.59 Å². The lowest BCUT2D eigenvalue weighted by Gasteiger charge is -2.18. The Balaban J connectivity index is 2.20. The molecule has 1 N–H and O–H groups in total. The van der Waals surface area contributed by atoms with E-state index in [2.05, 4.69) is 0 Å². The van der Waals surface area contributed by atoms with Gasteiger partial charge in [0.2, 0.25) is 0 Å². The number of nitrogens with zero attached hydrogens (tertiary/aromatic N) is 2. The topological polar surface area (TPSA) is 60.9 Å². The minimum Gasteiger partial charge on any atom is -0.481 e. The first-order chi connectivity index (χ1) is 9.81. The Bertz CT molecular complexity index is 574. The van der Waals surface area contributed by atoms with E-state index in [1.165, 1.54) is 17.0 Å². The van der Waals surface area contributed by atoms with Crippen molar-refractivity contribution in [2.75, 3.05) is 32.1 Å². The molecule has 1 saturated heterocycles. The van der Waals surface area contributed by atoms with Gasteiger partial charge in [-0.05, 0) is 24.1 Å². The van der Waals surface area contributed by atoms with Crippen molar-refractivity contribution in [1.29, 1.82) is 0 Å². The van der Waals surface area contributed by atoms with Gasteiger partial charge in [0.05, 0.1) is 11.5 Å². The van der Waals surface area contributed by atoms with Gasteiger partial charge in [0.25, 0.3) is 5.91 Å². The van der Waals surface area contributed by atoms with Crippen molar-refractivity contribution in [3.63, 3.8) is 0 Å². The lowest BCUT2D eigenvalue weighted by molar-refractivity contribution is -0.142. The van der Waals surface area contributed by atoms with Crippen molar-refractivity contribution in [3.05, 3.63) is 29.6 Å². The van der Waals surface area contributed by atoms with Gasteiger partial charge in [0.15, 0.2) is 0 Å². The summed E-state index contributed by atoms with van der Waals surface area (Å²) < 4.78 is 14.1. The first kappa shape index (κ1) is 15.3. The number of anilines is 1. The highest BCUT2D eigenvalue weighted by atomic mass is 19.1. The van der Waals surface area contributed by atoms with Crippen LogP contribution in [0.4, 0.5) is 10.1 Å². The summed E-state index contributed by atoms with van der Waals surface area (Å²) in [5.74, 6) is -2.67. The van der Waals surface area contributed by atoms with E-state index in [1.807, 2.05) is 0 Å². The fourth-order valence-electron chi connectivity index (χ4n) is 2.58. The Hall–Kier alpha value is -2.11. The van der Waals surface area contributed by atoms with Gasteiger partial charge in [0, 0.05) is 32.9 Å². The van der Waals surface area contributed by atoms with Crippen LogP contribution < -0.4 is 4.90 Å². The second kappa shape index (κ2) is 5.71. The first-order valence-corrected chi connectivity index (χ1v) is 6.80. The molecule has 2 atom stereocenters. The number of benzene rings is 1. The largest absolute Gasteiger partial charge is 0.481 e. The normalized spacial score (nSPS) is 21.4. The molecule has 1 aliphatic heterocycles. The molecule has 0 aliphatic carbocycles. The Morgan fingerprint density at radius 1 is 1.33 bits per heavy atom. The second-order valence-corrected chi connectivity index (χ2v) is 5.69. The molecule has 6 heteroatoms. The molecule has 0 saturated carbocycles. The SMILES string of the molecule is C[C@@H]1CN(C(=O)c2ccc(N(C)C)cc2F)C[C@H]1C(=O)O. The number of amides is 1. The highest BCUT2D eigenvalue weighted by molar-refractivity contribution is 5.95. The lowest BCUT2D eigenvalue weighted by atomic mass is 9.99. The van der Waals surface area contributed by atoms with Crippen molar-refractivity contribution in [1.82, 2.24) is 4.90 Å². The van der Waals surface area contributed by atoms with Crippen LogP contribution in [0.3, 0.4) is 0 Å². The summed E-state index contributed by atoms with van der Waals surface area (Å²) in [6.07, 6.45) is 0. The molecular weight excluding hydrogens is 275 g/mol. The van der Waals surface area contributed by atoms with Crippen LogP contribution in [0.1, 0.15) is 17.3 Å². The maximum Gasteiger partial charge on any atom is 0.308 e. The van der Waals surface area contributed by atoms with Crippen molar-refractivity contribution in [2.24, 2.45) is 11.8 Å². The zero-order chi connectivity index (χ0) is 15.7. The summed E-state index contributed by atoms with van der Waals surface area (Å²) in [5.41, 5.74) is 0.654. The van der Waals surface area contributed by atoms with Crippen molar-refractivity contribution in [3.8, 4) is 0 Å². The summed E-state index contributed by atoms with van der Waals surface area (Å²) in [6.45, 7) is 2.26. The van der Waals surface area contributed by atoms with E-state index in [9.17, 15) is 14.0 Å². The predicted octanol–water partition coefficient (Wildman–Crippen LogP) is 1.68. The van der Waals surface area contributed by atoms with Crippen LogP contribution >= 0.6 is 0 Å². The molecule has 1 aliphatic rings. The molecule has 1 amide bonds. The third kappa shape index (κ3) is 2.99. The van der Waals surface area contributed by atoms with Gasteiger partial charge < -0.3 is 14.9 Å². The minimum atomic E-state index is -0.916. The number of aliphatic carboxylic acids is 1. The number of halogens is 1. The molecule has 0 radical (unpaired) electrons. The number of hydrogen-bond donors (Lipinski definition) is 1. The van der Waals surface area contributed by atoms with Crippen molar-refractivity contribution in [2.45, 2.75) is 6.92 Å². The highest BCUT2D eigenvalue weighted by Crippen LogP contribution is 2.26. The average Bonchev–Trinajstić information content (AvgIpc) is 2.80. The third-order valence-corrected chi connectivity index (χ3v) is 3.92. The summed E-state index contributed by atoms with van der Waals surface area (Å²) in [5, 5.41) is 9.09. The van der Waals surface area contributed by atoms with E-state index in [-0.39, 0.29) is 18.0 Å². The van der Waals surface area contributed by atoms with E-state index < -0.39 is 23.6 Å². The highest BCUT2D eigenvalue weighted by Gasteiger charge is 2.37. The molecule has 1 aromatic rings. The monoisotopic (exact) mass is 294 g/mol. The third-order valence-electron chi connectivity index (χ3n) is 3.92. The van der Waals surface area contributed by atoms with E-state index in [4.69, 9.17) is 5.11 Å². The quantitative estimate of drug-likeness (QED) is 0.921. The van der Waals surface area contributed by atoms with Crippen LogP contribution in [0.15, 0.2) is 18.2 Å². The van der Waals surface area contributed by atoms with Crippen LogP contribution in [0.2, 0.25) is 0 Å². The Morgan fingerprint density at radius 3 is 2.48 bits per heavy atom. The van der Waals surface area contributed by atoms with Crippen molar-refractivity contribution < 1.29 is 19.1 Å².